The minimum atomic E-state index is -3.59. The number of carbonyl (C=O) groups is 1. The molecule has 1 aromatic heterocycles. The maximum atomic E-state index is 12.0. The van der Waals surface area contributed by atoms with E-state index in [1.54, 1.807) is 43.3 Å². The first kappa shape index (κ1) is 18.7. The van der Waals surface area contributed by atoms with Gasteiger partial charge in [0.1, 0.15) is 5.82 Å². The third-order valence-corrected chi connectivity index (χ3v) is 4.63. The molecule has 2 aromatic rings. The molecule has 0 unspecified atom stereocenters. The molecule has 0 radical (unpaired) electrons. The number of nitrogens with zero attached hydrogens (tertiary/aromatic N) is 2. The van der Waals surface area contributed by atoms with E-state index in [0.29, 0.717) is 22.8 Å². The van der Waals surface area contributed by atoms with Crippen molar-refractivity contribution >= 4 is 33.4 Å². The van der Waals surface area contributed by atoms with Gasteiger partial charge in [0.05, 0.1) is 29.7 Å². The number of para-hydroxylation sites is 1. The Morgan fingerprint density at radius 3 is 2.52 bits per heavy atom. The lowest BCUT2D eigenvalue weighted by Crippen LogP contribution is -2.28. The Bertz CT molecular complexity index is 835. The van der Waals surface area contributed by atoms with Crippen molar-refractivity contribution in [1.29, 1.82) is 0 Å². The highest BCUT2D eigenvalue weighted by Crippen LogP contribution is 2.21. The monoisotopic (exact) mass is 364 g/mol. The molecule has 0 bridgehead atoms. The molecule has 9 heteroatoms. The topological polar surface area (TPSA) is 101 Å². The van der Waals surface area contributed by atoms with Gasteiger partial charge >= 0.3 is 16.2 Å². The number of esters is 1. The Morgan fingerprint density at radius 1 is 1.20 bits per heavy atom. The number of carbonyl (C=O) groups excluding carboxylic acids is 1. The third-order valence-electron chi connectivity index (χ3n) is 3.18. The van der Waals surface area contributed by atoms with Crippen molar-refractivity contribution in [2.24, 2.45) is 0 Å². The molecule has 0 aliphatic carbocycles. The molecule has 2 N–H and O–H groups in total. The van der Waals surface area contributed by atoms with Gasteiger partial charge < -0.3 is 10.1 Å². The molecule has 134 valence electrons. The van der Waals surface area contributed by atoms with Gasteiger partial charge in [-0.15, -0.1) is 0 Å². The minimum Gasteiger partial charge on any atom is -0.462 e. The Kier molecular flexibility index (Phi) is 5.94. The van der Waals surface area contributed by atoms with Crippen LogP contribution in [-0.4, -0.2) is 44.4 Å². The van der Waals surface area contributed by atoms with Crippen LogP contribution in [0.1, 0.15) is 17.3 Å². The van der Waals surface area contributed by atoms with Crippen LogP contribution in [0.2, 0.25) is 0 Å². The SMILES string of the molecule is CCOC(=O)c1ccccc1Nc1ccc(NS(=O)(=O)N(C)C)cn1. The molecule has 0 saturated heterocycles. The average molecular weight is 364 g/mol. The number of hydrogen-bond donors (Lipinski definition) is 2. The number of benzene rings is 1. The third kappa shape index (κ3) is 4.91. The highest BCUT2D eigenvalue weighted by atomic mass is 32.2. The quantitative estimate of drug-likeness (QED) is 0.731. The summed E-state index contributed by atoms with van der Waals surface area (Å²) in [5, 5.41) is 3.03. The first-order chi connectivity index (χ1) is 11.8. The first-order valence-electron chi connectivity index (χ1n) is 7.53. The Balaban J connectivity index is 2.16. The second-order valence-electron chi connectivity index (χ2n) is 5.21. The molecule has 0 spiro atoms. The van der Waals surface area contributed by atoms with E-state index in [-0.39, 0.29) is 6.61 Å². The van der Waals surface area contributed by atoms with Crippen molar-refractivity contribution < 1.29 is 17.9 Å². The van der Waals surface area contributed by atoms with Crippen molar-refractivity contribution in [2.75, 3.05) is 30.7 Å². The van der Waals surface area contributed by atoms with Crippen molar-refractivity contribution in [3.05, 3.63) is 48.2 Å². The maximum Gasteiger partial charge on any atom is 0.340 e. The fraction of sp³-hybridized carbons (Fsp3) is 0.250. The van der Waals surface area contributed by atoms with Gasteiger partial charge in [-0.25, -0.2) is 9.78 Å². The van der Waals surface area contributed by atoms with E-state index in [2.05, 4.69) is 15.0 Å². The summed E-state index contributed by atoms with van der Waals surface area (Å²) in [5.41, 5.74) is 1.27. The van der Waals surface area contributed by atoms with Crippen LogP contribution in [0.4, 0.5) is 17.2 Å². The van der Waals surface area contributed by atoms with E-state index in [0.717, 1.165) is 4.31 Å². The van der Waals surface area contributed by atoms with Crippen LogP contribution in [0.15, 0.2) is 42.6 Å². The van der Waals surface area contributed by atoms with E-state index in [4.69, 9.17) is 4.74 Å². The Morgan fingerprint density at radius 2 is 1.92 bits per heavy atom. The van der Waals surface area contributed by atoms with E-state index < -0.39 is 16.2 Å². The normalized spacial score (nSPS) is 11.2. The first-order valence-corrected chi connectivity index (χ1v) is 8.97. The van der Waals surface area contributed by atoms with Crippen molar-refractivity contribution in [3.63, 3.8) is 0 Å². The molecule has 8 nitrogen and oxygen atoms in total. The second-order valence-corrected chi connectivity index (χ2v) is 7.10. The average Bonchev–Trinajstić information content (AvgIpc) is 2.57. The molecule has 0 saturated carbocycles. The second kappa shape index (κ2) is 7.95. The summed E-state index contributed by atoms with van der Waals surface area (Å²) in [6.07, 6.45) is 1.39. The Labute approximate surface area is 147 Å². The van der Waals surface area contributed by atoms with Gasteiger partial charge in [0.15, 0.2) is 0 Å². The van der Waals surface area contributed by atoms with E-state index >= 15 is 0 Å². The minimum absolute atomic E-state index is 0.284. The maximum absolute atomic E-state index is 12.0. The summed E-state index contributed by atoms with van der Waals surface area (Å²) in [4.78, 5) is 16.1. The predicted molar refractivity (Wildman–Crippen MR) is 96.1 cm³/mol. The standard InChI is InChI=1S/C16H20N4O4S/c1-4-24-16(21)13-7-5-6-8-14(13)18-15-10-9-12(11-17-15)19-25(22,23)20(2)3/h5-11,19H,4H2,1-3H3,(H,17,18). The Hall–Kier alpha value is -2.65. The van der Waals surface area contributed by atoms with Gasteiger partial charge in [0, 0.05) is 14.1 Å². The van der Waals surface area contributed by atoms with Crippen LogP contribution in [0.3, 0.4) is 0 Å². The molecule has 1 aromatic carbocycles. The summed E-state index contributed by atoms with van der Waals surface area (Å²) in [6.45, 7) is 2.02. The summed E-state index contributed by atoms with van der Waals surface area (Å²) in [7, 11) is -0.728. The zero-order valence-electron chi connectivity index (χ0n) is 14.2. The van der Waals surface area contributed by atoms with E-state index in [1.807, 2.05) is 0 Å². The zero-order valence-corrected chi connectivity index (χ0v) is 15.0. The van der Waals surface area contributed by atoms with Crippen molar-refractivity contribution in [1.82, 2.24) is 9.29 Å². The molecular formula is C16H20N4O4S. The van der Waals surface area contributed by atoms with E-state index in [9.17, 15) is 13.2 Å². The highest BCUT2D eigenvalue weighted by Gasteiger charge is 2.14. The summed E-state index contributed by atoms with van der Waals surface area (Å²) in [6, 6.07) is 10.1. The molecule has 0 fully saturated rings. The molecule has 0 atom stereocenters. The van der Waals surface area contributed by atoms with Crippen LogP contribution in [0, 0.1) is 0 Å². The summed E-state index contributed by atoms with van der Waals surface area (Å²) in [5.74, 6) is 0.0329. The zero-order chi connectivity index (χ0) is 18.4. The molecule has 0 aliphatic rings. The van der Waals surface area contributed by atoms with Crippen LogP contribution in [0.5, 0.6) is 0 Å². The van der Waals surface area contributed by atoms with Crippen LogP contribution < -0.4 is 10.0 Å². The molecular weight excluding hydrogens is 344 g/mol. The lowest BCUT2D eigenvalue weighted by molar-refractivity contribution is 0.0527. The van der Waals surface area contributed by atoms with Gasteiger partial charge in [-0.3, -0.25) is 4.72 Å². The molecule has 0 amide bonds. The highest BCUT2D eigenvalue weighted by molar-refractivity contribution is 7.90. The molecule has 0 aliphatic heterocycles. The van der Waals surface area contributed by atoms with Crippen molar-refractivity contribution in [3.8, 4) is 0 Å². The fourth-order valence-electron chi connectivity index (χ4n) is 1.89. The number of rotatable bonds is 7. The van der Waals surface area contributed by atoms with Gasteiger partial charge in [0.2, 0.25) is 0 Å². The smallest absolute Gasteiger partial charge is 0.340 e. The number of pyridine rings is 1. The largest absolute Gasteiger partial charge is 0.462 e. The number of anilines is 3. The molecule has 2 rings (SSSR count). The fourth-order valence-corrected chi connectivity index (χ4v) is 2.49. The van der Waals surface area contributed by atoms with Crippen LogP contribution in [0.25, 0.3) is 0 Å². The lowest BCUT2D eigenvalue weighted by Gasteiger charge is -2.14. The summed E-state index contributed by atoms with van der Waals surface area (Å²) < 4.78 is 32.0. The number of nitrogens with one attached hydrogen (secondary N) is 2. The van der Waals surface area contributed by atoms with Gasteiger partial charge in [-0.2, -0.15) is 12.7 Å². The summed E-state index contributed by atoms with van der Waals surface area (Å²) >= 11 is 0. The number of aromatic nitrogens is 1. The van der Waals surface area contributed by atoms with Crippen LogP contribution in [-0.2, 0) is 14.9 Å². The molecule has 25 heavy (non-hydrogen) atoms. The van der Waals surface area contributed by atoms with Crippen LogP contribution >= 0.6 is 0 Å². The van der Waals surface area contributed by atoms with E-state index in [1.165, 1.54) is 20.3 Å². The number of hydrogen-bond acceptors (Lipinski definition) is 6. The van der Waals surface area contributed by atoms with Gasteiger partial charge in [-0.1, -0.05) is 12.1 Å². The van der Waals surface area contributed by atoms with Crippen molar-refractivity contribution in [2.45, 2.75) is 6.92 Å². The van der Waals surface area contributed by atoms with Gasteiger partial charge in [-0.05, 0) is 31.2 Å². The lowest BCUT2D eigenvalue weighted by atomic mass is 10.2. The molecule has 1 heterocycles. The predicted octanol–water partition coefficient (Wildman–Crippen LogP) is 2.22. The number of ether oxygens (including phenoxy) is 1. The van der Waals surface area contributed by atoms with Gasteiger partial charge in [0.25, 0.3) is 0 Å².